The molecule has 2 saturated carbocycles. The topological polar surface area (TPSA) is 0 Å². The minimum Gasteiger partial charge on any atom is -0.0683 e. The molecule has 0 spiro atoms. The van der Waals surface area contributed by atoms with Gasteiger partial charge >= 0.3 is 0 Å². The highest BCUT2D eigenvalue weighted by atomic mass is 14.5. The Morgan fingerprint density at radius 1 is 0.870 bits per heavy atom. The number of hydrogen-bond acceptors (Lipinski definition) is 0. The van der Waals surface area contributed by atoms with E-state index in [4.69, 9.17) is 0 Å². The zero-order valence-electron chi connectivity index (χ0n) is 18.2. The molecule has 2 aliphatic rings. The lowest BCUT2D eigenvalue weighted by atomic mass is 9.80. The van der Waals surface area contributed by atoms with E-state index >= 15 is 0 Å². The van der Waals surface area contributed by atoms with Gasteiger partial charge in [0.15, 0.2) is 0 Å². The molecule has 2 aliphatic carbocycles. The average Bonchev–Trinajstić information content (AvgIpc) is 3.03. The Balaban J connectivity index is 0.000000705. The van der Waals surface area contributed by atoms with E-state index in [1.54, 1.807) is 0 Å². The van der Waals surface area contributed by atoms with Crippen LogP contribution in [0.15, 0.2) is 0 Å². The van der Waals surface area contributed by atoms with Crippen LogP contribution < -0.4 is 0 Å². The second-order valence-corrected chi connectivity index (χ2v) is 9.12. The molecular weight excluding hydrogens is 276 g/mol. The smallest absolute Gasteiger partial charge is 0.0357 e. The van der Waals surface area contributed by atoms with E-state index in [9.17, 15) is 0 Å². The number of hydrogen-bond donors (Lipinski definition) is 0. The summed E-state index contributed by atoms with van der Waals surface area (Å²) in [5, 5.41) is 0. The summed E-state index contributed by atoms with van der Waals surface area (Å²) in [7, 11) is 0. The van der Waals surface area contributed by atoms with Crippen molar-refractivity contribution in [1.82, 2.24) is 0 Å². The summed E-state index contributed by atoms with van der Waals surface area (Å²) >= 11 is 0. The fraction of sp³-hybridized carbons (Fsp3) is 1.00. The van der Waals surface area contributed by atoms with Crippen molar-refractivity contribution in [3.8, 4) is 0 Å². The van der Waals surface area contributed by atoms with Crippen LogP contribution >= 0.6 is 0 Å². The standard InChI is InChI=1S/C17H32.C4H10.C2H6/c1-6-14-7-8-16(13(14)5)15-9-12(4)17(10-15)11(2)3;1-4(2)3;1-2/h11-17H,6-10H2,1-5H3;4H,1-3H3;1-2H3. The van der Waals surface area contributed by atoms with Crippen molar-refractivity contribution in [3.63, 3.8) is 0 Å². The van der Waals surface area contributed by atoms with Crippen molar-refractivity contribution in [2.75, 3.05) is 0 Å². The van der Waals surface area contributed by atoms with Gasteiger partial charge in [0.05, 0.1) is 0 Å². The van der Waals surface area contributed by atoms with Crippen molar-refractivity contribution in [1.29, 1.82) is 0 Å². The van der Waals surface area contributed by atoms with Crippen LogP contribution in [0.4, 0.5) is 0 Å². The molecule has 0 amide bonds. The molecule has 0 heteroatoms. The highest BCUT2D eigenvalue weighted by Gasteiger charge is 2.42. The van der Waals surface area contributed by atoms with E-state index in [2.05, 4.69) is 55.4 Å². The van der Waals surface area contributed by atoms with Crippen molar-refractivity contribution in [2.24, 2.45) is 47.3 Å². The molecule has 0 aliphatic heterocycles. The maximum atomic E-state index is 2.54. The lowest BCUT2D eigenvalue weighted by Crippen LogP contribution is -2.18. The molecule has 0 nitrogen and oxygen atoms in total. The van der Waals surface area contributed by atoms with E-state index in [0.29, 0.717) is 0 Å². The highest BCUT2D eigenvalue weighted by Crippen LogP contribution is 2.51. The predicted octanol–water partition coefficient (Wildman–Crippen LogP) is 8.07. The zero-order chi connectivity index (χ0) is 18.2. The summed E-state index contributed by atoms with van der Waals surface area (Å²) in [6.07, 6.45) is 7.51. The van der Waals surface area contributed by atoms with Gasteiger partial charge in [-0.05, 0) is 73.0 Å². The highest BCUT2D eigenvalue weighted by molar-refractivity contribution is 4.92. The molecule has 0 heterocycles. The molecular formula is C23H48. The third kappa shape index (κ3) is 7.18. The summed E-state index contributed by atoms with van der Waals surface area (Å²) in [6, 6.07) is 0. The van der Waals surface area contributed by atoms with Crippen LogP contribution in [0, 0.1) is 47.3 Å². The fourth-order valence-electron chi connectivity index (χ4n) is 5.13. The van der Waals surface area contributed by atoms with Gasteiger partial charge in [-0.15, -0.1) is 0 Å². The molecule has 0 aromatic rings. The lowest BCUT2D eigenvalue weighted by Gasteiger charge is -2.26. The first kappa shape index (κ1) is 23.0. The van der Waals surface area contributed by atoms with Crippen LogP contribution in [0.25, 0.3) is 0 Å². The molecule has 6 unspecified atom stereocenters. The summed E-state index contributed by atoms with van der Waals surface area (Å²) in [5.74, 6) is 7.88. The third-order valence-corrected chi connectivity index (χ3v) is 6.26. The Hall–Kier alpha value is 0. The molecule has 2 fully saturated rings. The maximum absolute atomic E-state index is 2.54. The molecule has 0 bridgehead atoms. The first-order valence-corrected chi connectivity index (χ1v) is 10.8. The van der Waals surface area contributed by atoms with Gasteiger partial charge in [-0.3, -0.25) is 0 Å². The average molecular weight is 325 g/mol. The van der Waals surface area contributed by atoms with Crippen molar-refractivity contribution in [3.05, 3.63) is 0 Å². The summed E-state index contributed by atoms with van der Waals surface area (Å²) in [4.78, 5) is 0. The van der Waals surface area contributed by atoms with E-state index in [1.165, 1.54) is 32.1 Å². The molecule has 0 aromatic heterocycles. The van der Waals surface area contributed by atoms with Gasteiger partial charge in [0.2, 0.25) is 0 Å². The van der Waals surface area contributed by atoms with Crippen LogP contribution in [0.3, 0.4) is 0 Å². The predicted molar refractivity (Wildman–Crippen MR) is 108 cm³/mol. The van der Waals surface area contributed by atoms with Gasteiger partial charge in [-0.25, -0.2) is 0 Å². The SMILES string of the molecule is CC.CC(C)C.CCC1CCC(C2CC(C)C(C(C)C)C2)C1C. The monoisotopic (exact) mass is 324 g/mol. The van der Waals surface area contributed by atoms with Crippen molar-refractivity contribution in [2.45, 2.75) is 101 Å². The van der Waals surface area contributed by atoms with Gasteiger partial charge in [-0.1, -0.05) is 75.7 Å². The Bertz CT molecular complexity index is 275. The van der Waals surface area contributed by atoms with E-state index in [-0.39, 0.29) is 0 Å². The molecule has 6 atom stereocenters. The molecule has 0 radical (unpaired) electrons. The minimum atomic E-state index is 0.833. The zero-order valence-corrected chi connectivity index (χ0v) is 18.2. The first-order valence-electron chi connectivity index (χ1n) is 10.8. The Kier molecular flexibility index (Phi) is 11.5. The van der Waals surface area contributed by atoms with Crippen LogP contribution in [0.2, 0.25) is 0 Å². The van der Waals surface area contributed by atoms with Crippen molar-refractivity contribution < 1.29 is 0 Å². The second kappa shape index (κ2) is 11.5. The first-order chi connectivity index (χ1) is 10.8. The lowest BCUT2D eigenvalue weighted by molar-refractivity contribution is 0.234. The minimum absolute atomic E-state index is 0.833. The Morgan fingerprint density at radius 2 is 1.39 bits per heavy atom. The quantitative estimate of drug-likeness (QED) is 0.492. The molecule has 2 rings (SSSR count). The largest absolute Gasteiger partial charge is 0.0683 e. The van der Waals surface area contributed by atoms with Gasteiger partial charge in [-0.2, -0.15) is 0 Å². The van der Waals surface area contributed by atoms with Crippen LogP contribution in [0.5, 0.6) is 0 Å². The molecule has 0 aromatic carbocycles. The maximum Gasteiger partial charge on any atom is -0.0357 e. The fourth-order valence-corrected chi connectivity index (χ4v) is 5.13. The van der Waals surface area contributed by atoms with Crippen LogP contribution in [-0.2, 0) is 0 Å². The van der Waals surface area contributed by atoms with Gasteiger partial charge in [0.1, 0.15) is 0 Å². The van der Waals surface area contributed by atoms with Gasteiger partial charge in [0, 0.05) is 0 Å². The van der Waals surface area contributed by atoms with E-state index in [1.807, 2.05) is 13.8 Å². The molecule has 0 saturated heterocycles. The van der Waals surface area contributed by atoms with E-state index < -0.39 is 0 Å². The van der Waals surface area contributed by atoms with Gasteiger partial charge in [0.25, 0.3) is 0 Å². The Labute approximate surface area is 149 Å². The normalized spacial score (nSPS) is 36.5. The molecule has 140 valence electrons. The van der Waals surface area contributed by atoms with Crippen LogP contribution in [0.1, 0.15) is 101 Å². The second-order valence-electron chi connectivity index (χ2n) is 9.12. The third-order valence-electron chi connectivity index (χ3n) is 6.26. The summed E-state index contributed by atoms with van der Waals surface area (Å²) in [6.45, 7) is 22.8. The van der Waals surface area contributed by atoms with E-state index in [0.717, 1.165) is 47.3 Å². The summed E-state index contributed by atoms with van der Waals surface area (Å²) in [5.41, 5.74) is 0. The summed E-state index contributed by atoms with van der Waals surface area (Å²) < 4.78 is 0. The van der Waals surface area contributed by atoms with Crippen molar-refractivity contribution >= 4 is 0 Å². The molecule has 23 heavy (non-hydrogen) atoms. The van der Waals surface area contributed by atoms with Gasteiger partial charge < -0.3 is 0 Å². The Morgan fingerprint density at radius 3 is 1.74 bits per heavy atom. The molecule has 0 N–H and O–H groups in total. The number of rotatable bonds is 3. The van der Waals surface area contributed by atoms with Crippen LogP contribution in [-0.4, -0.2) is 0 Å².